The van der Waals surface area contributed by atoms with Crippen LogP contribution in [0.1, 0.15) is 12.0 Å². The lowest BCUT2D eigenvalue weighted by Gasteiger charge is -2.12. The van der Waals surface area contributed by atoms with Gasteiger partial charge < -0.3 is 14.6 Å². The van der Waals surface area contributed by atoms with Crippen molar-refractivity contribution in [1.82, 2.24) is 20.1 Å². The summed E-state index contributed by atoms with van der Waals surface area (Å²) in [5.41, 5.74) is 2.06. The van der Waals surface area contributed by atoms with Gasteiger partial charge in [-0.05, 0) is 24.1 Å². The number of carbonyl (C=O) groups excluding carboxylic acids is 1. The predicted octanol–water partition coefficient (Wildman–Crippen LogP) is 3.32. The molecule has 1 amide bonds. The lowest BCUT2D eigenvalue weighted by molar-refractivity contribution is -0.118. The molecule has 3 aromatic rings. The number of para-hydroxylation sites is 1. The molecule has 0 atom stereocenters. The lowest BCUT2D eigenvalue weighted by atomic mass is 10.1. The van der Waals surface area contributed by atoms with Crippen molar-refractivity contribution in [2.24, 2.45) is 0 Å². The fourth-order valence-electron chi connectivity index (χ4n) is 2.95. The van der Waals surface area contributed by atoms with Crippen LogP contribution in [-0.4, -0.2) is 40.1 Å². The van der Waals surface area contributed by atoms with Crippen molar-refractivity contribution >= 4 is 17.7 Å². The zero-order chi connectivity index (χ0) is 21.2. The number of amides is 1. The molecular weight excluding hydrogens is 398 g/mol. The highest BCUT2D eigenvalue weighted by atomic mass is 32.2. The standard InChI is InChI=1S/C22H23N5O2S/c1-29-19-11-6-5-10-18(19)21-25-26-22(30-16-20(28)24-14-7-13-23)27(21)15-12-17-8-3-2-4-9-17/h2-6,8-11H,7,12,14-16H2,1H3,(H,24,28). The van der Waals surface area contributed by atoms with Gasteiger partial charge in [-0.2, -0.15) is 5.26 Å². The number of rotatable bonds is 10. The van der Waals surface area contributed by atoms with E-state index < -0.39 is 0 Å². The zero-order valence-electron chi connectivity index (χ0n) is 16.7. The first-order valence-electron chi connectivity index (χ1n) is 9.60. The Labute approximate surface area is 180 Å². The van der Waals surface area contributed by atoms with Crippen LogP contribution in [0.2, 0.25) is 0 Å². The first kappa shape index (κ1) is 21.4. The molecule has 154 valence electrons. The van der Waals surface area contributed by atoms with E-state index in [0.717, 1.165) is 17.7 Å². The van der Waals surface area contributed by atoms with Gasteiger partial charge in [0.1, 0.15) is 5.75 Å². The molecule has 0 aliphatic rings. The van der Waals surface area contributed by atoms with Gasteiger partial charge in [-0.1, -0.05) is 54.2 Å². The molecule has 0 unspecified atom stereocenters. The number of carbonyl (C=O) groups is 1. The van der Waals surface area contributed by atoms with E-state index in [2.05, 4.69) is 27.6 Å². The Bertz CT molecular complexity index is 1010. The number of methoxy groups -OCH3 is 1. The number of nitrogens with zero attached hydrogens (tertiary/aromatic N) is 4. The summed E-state index contributed by atoms with van der Waals surface area (Å²) in [6.45, 7) is 1.02. The first-order chi connectivity index (χ1) is 14.7. The summed E-state index contributed by atoms with van der Waals surface area (Å²) >= 11 is 1.33. The lowest BCUT2D eigenvalue weighted by Crippen LogP contribution is -2.26. The van der Waals surface area contributed by atoms with Gasteiger partial charge in [0, 0.05) is 13.1 Å². The van der Waals surface area contributed by atoms with E-state index in [1.165, 1.54) is 17.3 Å². The number of hydrogen-bond acceptors (Lipinski definition) is 6. The largest absolute Gasteiger partial charge is 0.496 e. The zero-order valence-corrected chi connectivity index (χ0v) is 17.6. The maximum Gasteiger partial charge on any atom is 0.230 e. The van der Waals surface area contributed by atoms with Gasteiger partial charge in [-0.3, -0.25) is 4.79 Å². The summed E-state index contributed by atoms with van der Waals surface area (Å²) < 4.78 is 7.53. The van der Waals surface area contributed by atoms with Crippen molar-refractivity contribution in [2.75, 3.05) is 19.4 Å². The van der Waals surface area contributed by atoms with Crippen LogP contribution >= 0.6 is 11.8 Å². The summed E-state index contributed by atoms with van der Waals surface area (Å²) in [6.07, 6.45) is 1.10. The van der Waals surface area contributed by atoms with Crippen molar-refractivity contribution in [3.8, 4) is 23.2 Å². The van der Waals surface area contributed by atoms with Crippen molar-refractivity contribution in [1.29, 1.82) is 5.26 Å². The molecular formula is C22H23N5O2S. The Hall–Kier alpha value is -3.31. The number of benzene rings is 2. The molecule has 0 aliphatic heterocycles. The Morgan fingerprint density at radius 2 is 1.93 bits per heavy atom. The van der Waals surface area contributed by atoms with E-state index in [0.29, 0.717) is 30.5 Å². The third kappa shape index (κ3) is 5.61. The topological polar surface area (TPSA) is 92.8 Å². The smallest absolute Gasteiger partial charge is 0.230 e. The van der Waals surface area contributed by atoms with Crippen LogP contribution in [0, 0.1) is 11.3 Å². The van der Waals surface area contributed by atoms with Gasteiger partial charge in [0.15, 0.2) is 11.0 Å². The van der Waals surface area contributed by atoms with Crippen LogP contribution in [0.3, 0.4) is 0 Å². The first-order valence-corrected chi connectivity index (χ1v) is 10.6. The minimum Gasteiger partial charge on any atom is -0.496 e. The Balaban J connectivity index is 1.82. The third-order valence-corrected chi connectivity index (χ3v) is 5.39. The number of hydrogen-bond donors (Lipinski definition) is 1. The van der Waals surface area contributed by atoms with Gasteiger partial charge in [0.25, 0.3) is 0 Å². The summed E-state index contributed by atoms with van der Waals surface area (Å²) in [5, 5.41) is 20.7. The highest BCUT2D eigenvalue weighted by Gasteiger charge is 2.18. The molecule has 0 radical (unpaired) electrons. The molecule has 7 nitrogen and oxygen atoms in total. The molecule has 1 N–H and O–H groups in total. The van der Waals surface area contributed by atoms with E-state index >= 15 is 0 Å². The molecule has 0 spiro atoms. The van der Waals surface area contributed by atoms with Crippen LogP contribution in [0.4, 0.5) is 0 Å². The van der Waals surface area contributed by atoms with Gasteiger partial charge in [-0.25, -0.2) is 0 Å². The minimum absolute atomic E-state index is 0.133. The molecule has 1 aromatic heterocycles. The number of nitrogens with one attached hydrogen (secondary N) is 1. The second kappa shape index (κ2) is 11.0. The van der Waals surface area contributed by atoms with Crippen molar-refractivity contribution in [3.05, 3.63) is 60.2 Å². The monoisotopic (exact) mass is 421 g/mol. The van der Waals surface area contributed by atoms with Crippen LogP contribution in [0.5, 0.6) is 5.75 Å². The highest BCUT2D eigenvalue weighted by Crippen LogP contribution is 2.31. The predicted molar refractivity (Wildman–Crippen MR) is 116 cm³/mol. The van der Waals surface area contributed by atoms with Gasteiger partial charge >= 0.3 is 0 Å². The molecule has 1 heterocycles. The number of ether oxygens (including phenoxy) is 1. The van der Waals surface area contributed by atoms with Crippen molar-refractivity contribution in [2.45, 2.75) is 24.5 Å². The van der Waals surface area contributed by atoms with E-state index in [-0.39, 0.29) is 11.7 Å². The Morgan fingerprint density at radius 3 is 2.70 bits per heavy atom. The third-order valence-electron chi connectivity index (χ3n) is 4.42. The van der Waals surface area contributed by atoms with Crippen LogP contribution in [-0.2, 0) is 17.8 Å². The second-order valence-electron chi connectivity index (χ2n) is 6.44. The molecule has 0 saturated carbocycles. The summed E-state index contributed by atoms with van der Waals surface area (Å²) in [5.74, 6) is 1.50. The van der Waals surface area contributed by atoms with Gasteiger partial charge in [-0.15, -0.1) is 10.2 Å². The number of aromatic nitrogens is 3. The quantitative estimate of drug-likeness (QED) is 0.399. The maximum absolute atomic E-state index is 12.0. The molecule has 0 saturated heterocycles. The molecule has 0 fully saturated rings. The van der Waals surface area contributed by atoms with Crippen molar-refractivity contribution in [3.63, 3.8) is 0 Å². The van der Waals surface area contributed by atoms with Crippen LogP contribution < -0.4 is 10.1 Å². The maximum atomic E-state index is 12.0. The summed E-state index contributed by atoms with van der Waals surface area (Å²) in [6, 6.07) is 19.9. The van der Waals surface area contributed by atoms with Gasteiger partial charge in [0.2, 0.25) is 5.91 Å². The summed E-state index contributed by atoms with van der Waals surface area (Å²) in [4.78, 5) is 12.0. The molecule has 2 aromatic carbocycles. The second-order valence-corrected chi connectivity index (χ2v) is 7.38. The average molecular weight is 422 g/mol. The van der Waals surface area contributed by atoms with Crippen molar-refractivity contribution < 1.29 is 9.53 Å². The Morgan fingerprint density at radius 1 is 1.17 bits per heavy atom. The van der Waals surface area contributed by atoms with E-state index in [1.807, 2.05) is 53.1 Å². The fraction of sp³-hybridized carbons (Fsp3) is 0.273. The Kier molecular flexibility index (Phi) is 7.86. The summed E-state index contributed by atoms with van der Waals surface area (Å²) in [7, 11) is 1.63. The normalized spacial score (nSPS) is 10.4. The minimum atomic E-state index is -0.133. The molecule has 8 heteroatoms. The number of nitriles is 1. The van der Waals surface area contributed by atoms with Crippen LogP contribution in [0.25, 0.3) is 11.4 Å². The van der Waals surface area contributed by atoms with Crippen LogP contribution in [0.15, 0.2) is 59.8 Å². The van der Waals surface area contributed by atoms with E-state index in [4.69, 9.17) is 10.00 Å². The molecule has 0 aliphatic carbocycles. The fourth-order valence-corrected chi connectivity index (χ4v) is 3.74. The average Bonchev–Trinajstić information content (AvgIpc) is 3.19. The highest BCUT2D eigenvalue weighted by molar-refractivity contribution is 7.99. The van der Waals surface area contributed by atoms with E-state index in [9.17, 15) is 4.79 Å². The molecule has 3 rings (SSSR count). The SMILES string of the molecule is COc1ccccc1-c1nnc(SCC(=O)NCCC#N)n1CCc1ccccc1. The molecule has 0 bridgehead atoms. The molecule has 30 heavy (non-hydrogen) atoms. The number of thioether (sulfide) groups is 1. The number of aryl methyl sites for hydroxylation is 1. The van der Waals surface area contributed by atoms with E-state index in [1.54, 1.807) is 7.11 Å². The van der Waals surface area contributed by atoms with Gasteiger partial charge in [0.05, 0.1) is 30.9 Å².